The van der Waals surface area contributed by atoms with Crippen molar-refractivity contribution in [3.8, 4) is 0 Å². The summed E-state index contributed by atoms with van der Waals surface area (Å²) in [4.78, 5) is 9.48. The summed E-state index contributed by atoms with van der Waals surface area (Å²) < 4.78 is 6.19. The van der Waals surface area contributed by atoms with Crippen LogP contribution in [0.4, 0.5) is 0 Å². The summed E-state index contributed by atoms with van der Waals surface area (Å²) >= 11 is 0. The van der Waals surface area contributed by atoms with Gasteiger partial charge in [0.15, 0.2) is 0 Å². The van der Waals surface area contributed by atoms with E-state index in [9.17, 15) is 4.79 Å². The molecule has 0 aromatic heterocycles. The van der Waals surface area contributed by atoms with Gasteiger partial charge in [-0.1, -0.05) is 19.9 Å². The minimum absolute atomic E-state index is 0.333. The Morgan fingerprint density at radius 3 is 1.88 bits per heavy atom. The van der Waals surface area contributed by atoms with Crippen molar-refractivity contribution in [1.82, 2.24) is 0 Å². The van der Waals surface area contributed by atoms with E-state index < -0.39 is 6.26 Å². The Morgan fingerprint density at radius 2 is 1.88 bits per heavy atom. The Balaban J connectivity index is 0. The highest BCUT2D eigenvalue weighted by atomic mass is 16.1. The molecule has 0 amide bonds. The summed E-state index contributed by atoms with van der Waals surface area (Å²) in [5.74, 6) is 0. The van der Waals surface area contributed by atoms with Crippen LogP contribution in [0.1, 0.15) is 28.1 Å². The van der Waals surface area contributed by atoms with Crippen molar-refractivity contribution in [3.63, 3.8) is 0 Å². The molecular weight excluding hydrogens is 100 g/mol. The molecule has 0 saturated carbocycles. The minimum Gasteiger partial charge on any atom is -0.303 e. The molecule has 0 aliphatic rings. The van der Waals surface area contributed by atoms with Gasteiger partial charge in [0.1, 0.15) is 7.63 Å². The largest absolute Gasteiger partial charge is 0.303 e. The first-order valence-electron chi connectivity index (χ1n) is 3.29. The molecule has 0 aromatic carbocycles. The lowest BCUT2D eigenvalue weighted by molar-refractivity contribution is -0.107. The van der Waals surface area contributed by atoms with Gasteiger partial charge in [-0.25, -0.2) is 0 Å². The normalized spacial score (nSPS) is 8.00. The molecule has 0 fully saturated rings. The molecule has 0 saturated heterocycles. The maximum absolute atomic E-state index is 9.48. The van der Waals surface area contributed by atoms with E-state index in [0.29, 0.717) is 6.42 Å². The predicted octanol–water partition coefficient (Wildman–Crippen LogP) is 2.18. The fourth-order valence-corrected chi connectivity index (χ4v) is 0. The van der Waals surface area contributed by atoms with Gasteiger partial charge >= 0.3 is 0 Å². The summed E-state index contributed by atoms with van der Waals surface area (Å²) in [5.41, 5.74) is 0. The van der Waals surface area contributed by atoms with Gasteiger partial charge in [0, 0.05) is 6.42 Å². The Bertz CT molecular complexity index is 79.0. The van der Waals surface area contributed by atoms with Crippen LogP contribution in [0.15, 0.2) is 12.7 Å². The molecule has 0 spiro atoms. The second-order valence-corrected chi connectivity index (χ2v) is 1.19. The van der Waals surface area contributed by atoms with Crippen molar-refractivity contribution >= 4 is 6.26 Å². The number of carbonyl (C=O) groups excluding carboxylic acids is 1. The predicted molar refractivity (Wildman–Crippen MR) is 36.8 cm³/mol. The van der Waals surface area contributed by atoms with E-state index >= 15 is 0 Å². The van der Waals surface area contributed by atoms with E-state index in [2.05, 4.69) is 13.5 Å². The molecule has 0 aromatic rings. The second kappa shape index (κ2) is 16.1. The average molecular weight is 115 g/mol. The van der Waals surface area contributed by atoms with Crippen LogP contribution in [0.25, 0.3) is 0 Å². The highest BCUT2D eigenvalue weighted by Gasteiger charge is 1.52. The van der Waals surface area contributed by atoms with Crippen molar-refractivity contribution in [1.29, 1.82) is 0 Å². The molecule has 0 rings (SSSR count). The molecule has 0 N–H and O–H groups in total. The zero-order valence-corrected chi connectivity index (χ0v) is 5.61. The van der Waals surface area contributed by atoms with Gasteiger partial charge in [-0.05, 0) is 6.42 Å². The molecule has 0 heterocycles. The van der Waals surface area contributed by atoms with E-state index in [1.807, 2.05) is 6.08 Å². The van der Waals surface area contributed by atoms with Gasteiger partial charge in [-0.3, -0.25) is 0 Å². The number of hydrogen-bond donors (Lipinski definition) is 0. The molecule has 8 heavy (non-hydrogen) atoms. The maximum Gasteiger partial charge on any atom is 0.119 e. The molecule has 1 nitrogen and oxygen atoms in total. The summed E-state index contributed by atoms with van der Waals surface area (Å²) in [7, 11) is 0. The molecule has 0 bridgehead atoms. The third-order valence-electron chi connectivity index (χ3n) is 0.433. The van der Waals surface area contributed by atoms with Crippen molar-refractivity contribution in [3.05, 3.63) is 12.7 Å². The number of aldehydes is 1. The van der Waals surface area contributed by atoms with E-state index in [1.165, 1.54) is 0 Å². The van der Waals surface area contributed by atoms with Crippen LogP contribution < -0.4 is 0 Å². The Morgan fingerprint density at radius 1 is 1.62 bits per heavy atom. The van der Waals surface area contributed by atoms with Gasteiger partial charge in [-0.2, -0.15) is 0 Å². The van der Waals surface area contributed by atoms with Crippen molar-refractivity contribution in [2.45, 2.75) is 26.7 Å². The Kier molecular flexibility index (Phi) is 14.9. The van der Waals surface area contributed by atoms with Gasteiger partial charge in [0.2, 0.25) is 0 Å². The monoisotopic (exact) mass is 115 g/mol. The topological polar surface area (TPSA) is 17.1 Å². The van der Waals surface area contributed by atoms with Crippen LogP contribution in [0.2, 0.25) is 0 Å². The molecule has 1 heteroatoms. The number of hydrogen-bond acceptors (Lipinski definition) is 1. The molecule has 0 aliphatic heterocycles. The van der Waals surface area contributed by atoms with Gasteiger partial charge < -0.3 is 4.79 Å². The smallest absolute Gasteiger partial charge is 0.119 e. The second-order valence-electron chi connectivity index (χ2n) is 1.19. The molecule has 0 radical (unpaired) electrons. The molecule has 0 unspecified atom stereocenters. The molecule has 48 valence electrons. The first-order valence-corrected chi connectivity index (χ1v) is 2.79. The van der Waals surface area contributed by atoms with Crippen LogP contribution in [-0.2, 0) is 4.79 Å². The van der Waals surface area contributed by atoms with Gasteiger partial charge in [0.25, 0.3) is 0 Å². The van der Waals surface area contributed by atoms with Crippen LogP contribution in [-0.4, -0.2) is 6.26 Å². The highest BCUT2D eigenvalue weighted by molar-refractivity contribution is 5.48. The van der Waals surface area contributed by atoms with E-state index in [-0.39, 0.29) is 0 Å². The summed E-state index contributed by atoms with van der Waals surface area (Å²) in [6, 6.07) is 0. The standard InChI is InChI=1S/C4H8.C3H6O/c1-3-4-2;1-2-3-4/h3H,1,4H2,2H3;3H,2H2,1H3/i;3D. The summed E-state index contributed by atoms with van der Waals surface area (Å²) in [5, 5.41) is 0. The van der Waals surface area contributed by atoms with Gasteiger partial charge in [-0.15, -0.1) is 6.58 Å². The van der Waals surface area contributed by atoms with Crippen LogP contribution in [0, 0.1) is 0 Å². The third-order valence-corrected chi connectivity index (χ3v) is 0.433. The lowest BCUT2D eigenvalue weighted by Crippen LogP contribution is -1.55. The zero-order chi connectivity index (χ0) is 7.70. The first kappa shape index (κ1) is 7.41. The number of allylic oxidation sites excluding steroid dienone is 1. The molecule has 0 aliphatic carbocycles. The van der Waals surface area contributed by atoms with Crippen molar-refractivity contribution < 1.29 is 6.17 Å². The first-order chi connectivity index (χ1) is 4.18. The average Bonchev–Trinajstić information content (AvgIpc) is 1.89. The van der Waals surface area contributed by atoms with Gasteiger partial charge in [0.05, 0.1) is 0 Å². The van der Waals surface area contributed by atoms with Crippen molar-refractivity contribution in [2.24, 2.45) is 0 Å². The van der Waals surface area contributed by atoms with Crippen LogP contribution >= 0.6 is 0 Å². The van der Waals surface area contributed by atoms with E-state index in [0.717, 1.165) is 6.42 Å². The maximum atomic E-state index is 9.48. The van der Waals surface area contributed by atoms with Crippen LogP contribution in [0.3, 0.4) is 0 Å². The fourth-order valence-electron chi connectivity index (χ4n) is 0. The summed E-state index contributed by atoms with van der Waals surface area (Å²) in [6.45, 7) is 7.20. The molecular formula is C7H14O. The van der Waals surface area contributed by atoms with E-state index in [4.69, 9.17) is 1.37 Å². The molecule has 0 atom stereocenters. The lowest BCUT2D eigenvalue weighted by atomic mass is 10.5. The Hall–Kier alpha value is -0.590. The fraction of sp³-hybridized carbons (Fsp3) is 0.571. The minimum atomic E-state index is -0.495. The van der Waals surface area contributed by atoms with Crippen molar-refractivity contribution in [2.75, 3.05) is 0 Å². The van der Waals surface area contributed by atoms with Crippen LogP contribution in [0.5, 0.6) is 0 Å². The quantitative estimate of drug-likeness (QED) is 0.398. The SMILES string of the molecule is C=CCC.[2H]C(=O)CC. The van der Waals surface area contributed by atoms with E-state index in [1.54, 1.807) is 6.92 Å². The zero-order valence-electron chi connectivity index (χ0n) is 6.61. The lowest BCUT2D eigenvalue weighted by Gasteiger charge is -1.57. The number of carbonyl (C=O) groups is 1. The Labute approximate surface area is 52.8 Å². The number of rotatable bonds is 2. The third kappa shape index (κ3) is 52.9. The summed E-state index contributed by atoms with van der Waals surface area (Å²) in [6.07, 6.45) is 2.80. The highest BCUT2D eigenvalue weighted by Crippen LogP contribution is 1.66.